The second-order valence-corrected chi connectivity index (χ2v) is 12.5. The molecular weight excluding hydrogens is 479 g/mol. The highest BCUT2D eigenvalue weighted by molar-refractivity contribution is 6.42. The molecule has 3 heterocycles. The minimum Gasteiger partial charge on any atom is -0.342 e. The number of carbonyl (C=O) groups excluding carboxylic acids is 1. The Hall–Kier alpha value is -0.850. The number of benzene rings is 1. The van der Waals surface area contributed by atoms with Crippen LogP contribution >= 0.6 is 23.2 Å². The number of hydrogen-bond donors (Lipinski definition) is 1. The average molecular weight is 522 g/mol. The third kappa shape index (κ3) is 6.01. The van der Waals surface area contributed by atoms with E-state index in [0.29, 0.717) is 40.4 Å². The fraction of sp³-hybridized carbons (Fsp3) is 0.750. The Balaban J connectivity index is 1.26. The quantitative estimate of drug-likeness (QED) is 0.553. The molecule has 0 spiro atoms. The summed E-state index contributed by atoms with van der Waals surface area (Å²) in [6.07, 6.45) is 11.3. The van der Waals surface area contributed by atoms with Crippen molar-refractivity contribution >= 4 is 29.1 Å². The largest absolute Gasteiger partial charge is 0.342 e. The van der Waals surface area contributed by atoms with E-state index < -0.39 is 0 Å². The minimum absolute atomic E-state index is 0.0558. The summed E-state index contributed by atoms with van der Waals surface area (Å²) in [7, 11) is 0. The van der Waals surface area contributed by atoms with Crippen molar-refractivity contribution in [1.82, 2.24) is 14.7 Å². The first-order chi connectivity index (χ1) is 16.9. The zero-order chi connectivity index (χ0) is 24.4. The van der Waals surface area contributed by atoms with Crippen molar-refractivity contribution in [2.45, 2.75) is 81.7 Å². The van der Waals surface area contributed by atoms with Gasteiger partial charge in [0.1, 0.15) is 0 Å². The van der Waals surface area contributed by atoms with E-state index >= 15 is 0 Å². The summed E-state index contributed by atoms with van der Waals surface area (Å²) >= 11 is 12.8. The van der Waals surface area contributed by atoms with E-state index in [9.17, 15) is 4.79 Å². The van der Waals surface area contributed by atoms with E-state index in [0.717, 1.165) is 71.5 Å². The highest BCUT2D eigenvalue weighted by Crippen LogP contribution is 2.41. The Labute approximate surface area is 221 Å². The van der Waals surface area contributed by atoms with E-state index in [1.165, 1.54) is 37.7 Å². The molecule has 0 radical (unpaired) electrons. The Morgan fingerprint density at radius 3 is 2.46 bits per heavy atom. The first-order valence-corrected chi connectivity index (χ1v) is 14.6. The van der Waals surface area contributed by atoms with Crippen molar-refractivity contribution in [3.8, 4) is 0 Å². The summed E-state index contributed by atoms with van der Waals surface area (Å²) in [6, 6.07) is 7.22. The summed E-state index contributed by atoms with van der Waals surface area (Å²) in [5.74, 6) is 0.990. The molecule has 7 heteroatoms. The second kappa shape index (κ2) is 11.3. The van der Waals surface area contributed by atoms with Gasteiger partial charge in [0.15, 0.2) is 0 Å². The number of carbonyl (C=O) groups is 1. The predicted octanol–water partition coefficient (Wildman–Crippen LogP) is 4.93. The van der Waals surface area contributed by atoms with Crippen molar-refractivity contribution in [1.29, 1.82) is 0 Å². The molecule has 1 saturated carbocycles. The van der Waals surface area contributed by atoms with Crippen LogP contribution in [0.15, 0.2) is 18.2 Å². The highest BCUT2D eigenvalue weighted by atomic mass is 35.5. The lowest BCUT2D eigenvalue weighted by Crippen LogP contribution is -2.62. The Morgan fingerprint density at radius 1 is 1.00 bits per heavy atom. The molecule has 1 unspecified atom stereocenters. The molecule has 5 rings (SSSR count). The Morgan fingerprint density at radius 2 is 1.74 bits per heavy atom. The molecule has 1 aromatic rings. The first-order valence-electron chi connectivity index (χ1n) is 13.9. The SMILES string of the molecule is NC1CCN(C2CN(CCC3(c4ccc(Cl)c(Cl)c4)CCC(=O)N(CC4CCCCC4)C3)C2)CC1. The van der Waals surface area contributed by atoms with E-state index in [2.05, 4.69) is 26.8 Å². The number of piperidine rings is 2. The van der Waals surface area contributed by atoms with Crippen molar-refractivity contribution < 1.29 is 4.79 Å². The standard InChI is InChI=1S/C28H42Cl2N4O/c29-25-7-6-22(16-26(25)30)28(11-8-27(35)34(20-28)17-21-4-2-1-3-5-21)12-15-32-18-24(19-32)33-13-9-23(31)10-14-33/h6-7,16,21,23-24H,1-5,8-15,17-20,31H2. The van der Waals surface area contributed by atoms with Crippen LogP contribution in [0.1, 0.15) is 69.8 Å². The van der Waals surface area contributed by atoms with Gasteiger partial charge in [0.25, 0.3) is 0 Å². The number of halogens is 2. The van der Waals surface area contributed by atoms with Gasteiger partial charge >= 0.3 is 0 Å². The van der Waals surface area contributed by atoms with Crippen LogP contribution in [0.25, 0.3) is 0 Å². The van der Waals surface area contributed by atoms with Crippen molar-refractivity contribution in [3.63, 3.8) is 0 Å². The number of amides is 1. The predicted molar refractivity (Wildman–Crippen MR) is 144 cm³/mol. The smallest absolute Gasteiger partial charge is 0.222 e. The van der Waals surface area contributed by atoms with Gasteiger partial charge < -0.3 is 15.5 Å². The number of nitrogens with zero attached hydrogens (tertiary/aromatic N) is 3. The van der Waals surface area contributed by atoms with Gasteiger partial charge in [0, 0.05) is 63.2 Å². The molecule has 0 aromatic heterocycles. The first kappa shape index (κ1) is 25.8. The molecule has 1 aromatic carbocycles. The molecule has 2 N–H and O–H groups in total. The van der Waals surface area contributed by atoms with Gasteiger partial charge in [-0.1, -0.05) is 48.5 Å². The van der Waals surface area contributed by atoms with E-state index in [-0.39, 0.29) is 5.41 Å². The second-order valence-electron chi connectivity index (χ2n) is 11.7. The Bertz CT molecular complexity index is 878. The van der Waals surface area contributed by atoms with Crippen LogP contribution in [-0.2, 0) is 10.2 Å². The van der Waals surface area contributed by atoms with Crippen LogP contribution in [0.3, 0.4) is 0 Å². The molecule has 35 heavy (non-hydrogen) atoms. The summed E-state index contributed by atoms with van der Waals surface area (Å²) in [4.78, 5) is 20.4. The molecular formula is C28H42Cl2N4O. The monoisotopic (exact) mass is 520 g/mol. The summed E-state index contributed by atoms with van der Waals surface area (Å²) in [5.41, 5.74) is 7.29. The highest BCUT2D eigenvalue weighted by Gasteiger charge is 2.42. The fourth-order valence-electron chi connectivity index (χ4n) is 6.91. The van der Waals surface area contributed by atoms with E-state index in [1.54, 1.807) is 0 Å². The van der Waals surface area contributed by atoms with Gasteiger partial charge in [-0.15, -0.1) is 0 Å². The molecule has 1 atom stereocenters. The van der Waals surface area contributed by atoms with Crippen LogP contribution in [0.5, 0.6) is 0 Å². The molecule has 4 fully saturated rings. The zero-order valence-electron chi connectivity index (χ0n) is 21.1. The van der Waals surface area contributed by atoms with Gasteiger partial charge in [-0.2, -0.15) is 0 Å². The number of hydrogen-bond acceptors (Lipinski definition) is 4. The molecule has 1 aliphatic carbocycles. The molecule has 4 aliphatic rings. The summed E-state index contributed by atoms with van der Waals surface area (Å²) < 4.78 is 0. The average Bonchev–Trinajstić information content (AvgIpc) is 2.83. The molecule has 194 valence electrons. The summed E-state index contributed by atoms with van der Waals surface area (Å²) in [6.45, 7) is 7.38. The lowest BCUT2D eigenvalue weighted by molar-refractivity contribution is -0.136. The van der Waals surface area contributed by atoms with Gasteiger partial charge in [-0.25, -0.2) is 0 Å². The van der Waals surface area contributed by atoms with Gasteiger partial charge in [-0.05, 0) is 68.7 Å². The van der Waals surface area contributed by atoms with Crippen LogP contribution < -0.4 is 5.73 Å². The van der Waals surface area contributed by atoms with Crippen LogP contribution in [-0.4, -0.2) is 78.5 Å². The lowest BCUT2D eigenvalue weighted by atomic mass is 9.71. The minimum atomic E-state index is -0.0558. The molecule has 5 nitrogen and oxygen atoms in total. The summed E-state index contributed by atoms with van der Waals surface area (Å²) in [5, 5.41) is 1.22. The normalized spacial score (nSPS) is 28.4. The van der Waals surface area contributed by atoms with Crippen molar-refractivity contribution in [2.75, 3.05) is 45.8 Å². The van der Waals surface area contributed by atoms with Gasteiger partial charge in [-0.3, -0.25) is 9.69 Å². The van der Waals surface area contributed by atoms with E-state index in [1.807, 2.05) is 6.07 Å². The van der Waals surface area contributed by atoms with Gasteiger partial charge in [0.2, 0.25) is 5.91 Å². The van der Waals surface area contributed by atoms with Crippen LogP contribution in [0, 0.1) is 5.92 Å². The molecule has 0 bridgehead atoms. The lowest BCUT2D eigenvalue weighted by Gasteiger charge is -2.50. The van der Waals surface area contributed by atoms with Crippen molar-refractivity contribution in [2.24, 2.45) is 11.7 Å². The topological polar surface area (TPSA) is 52.8 Å². The van der Waals surface area contributed by atoms with E-state index in [4.69, 9.17) is 28.9 Å². The number of nitrogens with two attached hydrogens (primary N) is 1. The molecule has 3 aliphatic heterocycles. The third-order valence-corrected chi connectivity index (χ3v) is 10.1. The third-order valence-electron chi connectivity index (χ3n) is 9.33. The maximum absolute atomic E-state index is 13.0. The molecule has 1 amide bonds. The maximum Gasteiger partial charge on any atom is 0.222 e. The van der Waals surface area contributed by atoms with Crippen LogP contribution in [0.2, 0.25) is 10.0 Å². The number of likely N-dealkylation sites (tertiary alicyclic amines) is 3. The Kier molecular flexibility index (Phi) is 8.30. The zero-order valence-corrected chi connectivity index (χ0v) is 22.6. The fourth-order valence-corrected chi connectivity index (χ4v) is 7.21. The van der Waals surface area contributed by atoms with Crippen molar-refractivity contribution in [3.05, 3.63) is 33.8 Å². The maximum atomic E-state index is 13.0. The van der Waals surface area contributed by atoms with Gasteiger partial charge in [0.05, 0.1) is 10.0 Å². The number of rotatable bonds is 7. The van der Waals surface area contributed by atoms with Crippen LogP contribution in [0.4, 0.5) is 0 Å². The molecule has 3 saturated heterocycles.